The summed E-state index contributed by atoms with van der Waals surface area (Å²) in [6.07, 6.45) is 3.56. The van der Waals surface area contributed by atoms with Crippen LogP contribution in [0.4, 0.5) is 0 Å². The van der Waals surface area contributed by atoms with Crippen LogP contribution in [0.15, 0.2) is 12.5 Å². The number of hydrogen-bond acceptors (Lipinski definition) is 4. The Morgan fingerprint density at radius 1 is 1.47 bits per heavy atom. The normalized spacial score (nSPS) is 12.7. The molecule has 6 heteroatoms. The second-order valence-corrected chi connectivity index (χ2v) is 5.00. The molecule has 1 unspecified atom stereocenters. The average molecular weight is 268 g/mol. The van der Waals surface area contributed by atoms with E-state index in [1.54, 1.807) is 18.0 Å². The van der Waals surface area contributed by atoms with Crippen LogP contribution in [-0.4, -0.2) is 41.3 Å². The van der Waals surface area contributed by atoms with E-state index in [-0.39, 0.29) is 18.5 Å². The van der Waals surface area contributed by atoms with Crippen LogP contribution in [0.25, 0.3) is 0 Å². The summed E-state index contributed by atoms with van der Waals surface area (Å²) < 4.78 is 6.75. The quantitative estimate of drug-likeness (QED) is 0.722. The summed E-state index contributed by atoms with van der Waals surface area (Å²) >= 11 is 0. The van der Waals surface area contributed by atoms with Gasteiger partial charge in [-0.3, -0.25) is 4.79 Å². The minimum absolute atomic E-state index is 0.0168. The van der Waals surface area contributed by atoms with Gasteiger partial charge in [0.1, 0.15) is 6.54 Å². The van der Waals surface area contributed by atoms with Crippen molar-refractivity contribution in [3.63, 3.8) is 0 Å². The van der Waals surface area contributed by atoms with Crippen LogP contribution < -0.4 is 10.6 Å². The van der Waals surface area contributed by atoms with Crippen molar-refractivity contribution >= 4 is 5.91 Å². The third-order valence-corrected chi connectivity index (χ3v) is 2.53. The van der Waals surface area contributed by atoms with Crippen molar-refractivity contribution in [1.29, 1.82) is 0 Å². The molecule has 1 aromatic rings. The first-order chi connectivity index (χ1) is 9.01. The smallest absolute Gasteiger partial charge is 0.240 e. The molecule has 0 aliphatic heterocycles. The Morgan fingerprint density at radius 3 is 2.84 bits per heavy atom. The van der Waals surface area contributed by atoms with Gasteiger partial charge >= 0.3 is 0 Å². The van der Waals surface area contributed by atoms with Gasteiger partial charge in [0.25, 0.3) is 0 Å². The molecule has 2 N–H and O–H groups in total. The molecule has 1 atom stereocenters. The molecule has 0 aromatic carbocycles. The largest absolute Gasteiger partial charge is 0.383 e. The van der Waals surface area contributed by atoms with E-state index >= 15 is 0 Å². The summed E-state index contributed by atoms with van der Waals surface area (Å²) in [6.45, 7) is 7.59. The maximum atomic E-state index is 11.7. The van der Waals surface area contributed by atoms with E-state index < -0.39 is 0 Å². The molecule has 19 heavy (non-hydrogen) atoms. The highest BCUT2D eigenvalue weighted by molar-refractivity contribution is 5.76. The number of carbonyl (C=O) groups is 1. The molecular weight excluding hydrogens is 244 g/mol. The topological polar surface area (TPSA) is 68.2 Å². The first-order valence-electron chi connectivity index (χ1n) is 6.53. The van der Waals surface area contributed by atoms with Gasteiger partial charge in [-0.1, -0.05) is 13.8 Å². The molecule has 1 heterocycles. The molecule has 0 radical (unpaired) electrons. The van der Waals surface area contributed by atoms with Gasteiger partial charge in [0, 0.05) is 31.9 Å². The predicted octanol–water partition coefficient (Wildman–Crippen LogP) is 0.532. The number of nitrogens with one attached hydrogen (secondary N) is 2. The highest BCUT2D eigenvalue weighted by Gasteiger charge is 2.08. The van der Waals surface area contributed by atoms with E-state index in [0.29, 0.717) is 19.2 Å². The van der Waals surface area contributed by atoms with Gasteiger partial charge in [-0.2, -0.15) is 0 Å². The third kappa shape index (κ3) is 6.35. The van der Waals surface area contributed by atoms with Crippen molar-refractivity contribution in [3.8, 4) is 0 Å². The van der Waals surface area contributed by atoms with Crippen molar-refractivity contribution in [2.24, 2.45) is 0 Å². The highest BCUT2D eigenvalue weighted by atomic mass is 16.5. The fourth-order valence-electron chi connectivity index (χ4n) is 1.67. The fourth-order valence-corrected chi connectivity index (χ4v) is 1.67. The highest BCUT2D eigenvalue weighted by Crippen LogP contribution is 1.97. The molecule has 1 rings (SSSR count). The number of aromatic nitrogens is 2. The molecule has 108 valence electrons. The Morgan fingerprint density at radius 2 is 2.21 bits per heavy atom. The second-order valence-electron chi connectivity index (χ2n) is 5.00. The van der Waals surface area contributed by atoms with E-state index in [4.69, 9.17) is 4.74 Å². The number of methoxy groups -OCH3 is 1. The number of amides is 1. The van der Waals surface area contributed by atoms with Crippen LogP contribution in [0.1, 0.15) is 26.5 Å². The third-order valence-electron chi connectivity index (χ3n) is 2.53. The summed E-state index contributed by atoms with van der Waals surface area (Å²) in [5.41, 5.74) is 0.937. The number of hydrogen-bond donors (Lipinski definition) is 2. The van der Waals surface area contributed by atoms with Gasteiger partial charge in [-0.25, -0.2) is 4.98 Å². The standard InChI is InChI=1S/C13H24N4O2/c1-10(2)14-5-12-6-17(9-15-12)7-13(18)16-11(3)8-19-4/h6,9-11,14H,5,7-8H2,1-4H3,(H,16,18). The van der Waals surface area contributed by atoms with Gasteiger partial charge < -0.3 is 19.9 Å². The van der Waals surface area contributed by atoms with Crippen LogP contribution >= 0.6 is 0 Å². The predicted molar refractivity (Wildman–Crippen MR) is 73.7 cm³/mol. The zero-order chi connectivity index (χ0) is 14.3. The van der Waals surface area contributed by atoms with E-state index in [0.717, 1.165) is 5.69 Å². The number of rotatable bonds is 8. The summed E-state index contributed by atoms with van der Waals surface area (Å²) in [7, 11) is 1.62. The molecule has 0 aliphatic rings. The van der Waals surface area contributed by atoms with E-state index in [1.165, 1.54) is 0 Å². The Labute approximate surface area is 114 Å². The molecule has 0 spiro atoms. The molecule has 0 saturated heterocycles. The first-order valence-corrected chi connectivity index (χ1v) is 6.53. The molecule has 0 bridgehead atoms. The Hall–Kier alpha value is -1.40. The lowest BCUT2D eigenvalue weighted by atomic mass is 10.3. The lowest BCUT2D eigenvalue weighted by molar-refractivity contribution is -0.122. The van der Waals surface area contributed by atoms with Crippen LogP contribution in [0.2, 0.25) is 0 Å². The number of ether oxygens (including phenoxy) is 1. The Bertz CT molecular complexity index is 390. The first kappa shape index (κ1) is 15.7. The number of carbonyl (C=O) groups excluding carboxylic acids is 1. The SMILES string of the molecule is COCC(C)NC(=O)Cn1cnc(CNC(C)C)c1. The fraction of sp³-hybridized carbons (Fsp3) is 0.692. The lowest BCUT2D eigenvalue weighted by Gasteiger charge is -2.12. The van der Waals surface area contributed by atoms with Crippen molar-refractivity contribution < 1.29 is 9.53 Å². The zero-order valence-corrected chi connectivity index (χ0v) is 12.1. The van der Waals surface area contributed by atoms with E-state index in [2.05, 4.69) is 29.5 Å². The Kier molecular flexibility index (Phi) is 6.52. The number of nitrogens with zero attached hydrogens (tertiary/aromatic N) is 2. The molecule has 1 aromatic heterocycles. The number of imidazole rings is 1. The lowest BCUT2D eigenvalue weighted by Crippen LogP contribution is -2.37. The van der Waals surface area contributed by atoms with E-state index in [1.807, 2.05) is 13.1 Å². The summed E-state index contributed by atoms with van der Waals surface area (Å²) in [5, 5.41) is 6.15. The minimum atomic E-state index is -0.0367. The van der Waals surface area contributed by atoms with Gasteiger partial charge in [0.15, 0.2) is 0 Å². The molecule has 6 nitrogen and oxygen atoms in total. The summed E-state index contributed by atoms with van der Waals surface area (Å²) in [4.78, 5) is 16.0. The second kappa shape index (κ2) is 7.91. The molecule has 0 saturated carbocycles. The average Bonchev–Trinajstić information content (AvgIpc) is 2.74. The van der Waals surface area contributed by atoms with Crippen molar-refractivity contribution in [2.75, 3.05) is 13.7 Å². The van der Waals surface area contributed by atoms with Crippen molar-refractivity contribution in [2.45, 2.75) is 45.9 Å². The van der Waals surface area contributed by atoms with Crippen LogP contribution in [0, 0.1) is 0 Å². The monoisotopic (exact) mass is 268 g/mol. The minimum Gasteiger partial charge on any atom is -0.383 e. The molecule has 1 amide bonds. The summed E-state index contributed by atoms with van der Waals surface area (Å²) in [6, 6.07) is 0.437. The molecule has 0 aliphatic carbocycles. The van der Waals surface area contributed by atoms with Gasteiger partial charge in [-0.05, 0) is 6.92 Å². The van der Waals surface area contributed by atoms with Crippen LogP contribution in [-0.2, 0) is 22.6 Å². The molecular formula is C13H24N4O2. The zero-order valence-electron chi connectivity index (χ0n) is 12.1. The molecule has 0 fully saturated rings. The van der Waals surface area contributed by atoms with Crippen LogP contribution in [0.5, 0.6) is 0 Å². The maximum Gasteiger partial charge on any atom is 0.240 e. The van der Waals surface area contributed by atoms with Gasteiger partial charge in [0.2, 0.25) is 5.91 Å². The van der Waals surface area contributed by atoms with Crippen molar-refractivity contribution in [3.05, 3.63) is 18.2 Å². The maximum absolute atomic E-state index is 11.7. The Balaban J connectivity index is 2.38. The van der Waals surface area contributed by atoms with Gasteiger partial charge in [0.05, 0.1) is 18.6 Å². The summed E-state index contributed by atoms with van der Waals surface area (Å²) in [5.74, 6) is -0.0367. The van der Waals surface area contributed by atoms with Gasteiger partial charge in [-0.15, -0.1) is 0 Å². The van der Waals surface area contributed by atoms with E-state index in [9.17, 15) is 4.79 Å². The van der Waals surface area contributed by atoms with Crippen molar-refractivity contribution in [1.82, 2.24) is 20.2 Å². The van der Waals surface area contributed by atoms with Crippen LogP contribution in [0.3, 0.4) is 0 Å².